The Labute approximate surface area is 58.8 Å². The minimum atomic E-state index is -0.749. The molecule has 1 unspecified atom stereocenters. The van der Waals surface area contributed by atoms with Gasteiger partial charge in [0.05, 0.1) is 6.54 Å². The SMILES string of the molecule is CC1CN(C)C(=O)C(=O)O1. The number of cyclic esters (lactones) is 1. The van der Waals surface area contributed by atoms with Gasteiger partial charge in [0.2, 0.25) is 0 Å². The number of rotatable bonds is 0. The molecule has 0 aliphatic carbocycles. The number of ether oxygens (including phenoxy) is 1. The first kappa shape index (κ1) is 7.05. The standard InChI is InChI=1S/C6H9NO3/c1-4-3-7(2)5(8)6(9)10-4/h4H,3H2,1-2H3. The molecule has 1 amide bonds. The quantitative estimate of drug-likeness (QED) is 0.335. The van der Waals surface area contributed by atoms with Crippen LogP contribution in [0, 0.1) is 0 Å². The Morgan fingerprint density at radius 3 is 2.70 bits per heavy atom. The largest absolute Gasteiger partial charge is 0.454 e. The van der Waals surface area contributed by atoms with E-state index in [0.717, 1.165) is 0 Å². The molecule has 0 saturated carbocycles. The molecule has 1 aliphatic rings. The van der Waals surface area contributed by atoms with Crippen LogP contribution in [-0.4, -0.2) is 36.5 Å². The highest BCUT2D eigenvalue weighted by atomic mass is 16.6. The predicted octanol–water partition coefficient (Wildman–Crippen LogP) is -0.610. The lowest BCUT2D eigenvalue weighted by Crippen LogP contribution is -2.46. The monoisotopic (exact) mass is 143 g/mol. The third kappa shape index (κ3) is 1.10. The molecule has 1 atom stereocenters. The Kier molecular flexibility index (Phi) is 1.61. The normalized spacial score (nSPS) is 26.6. The molecule has 1 aliphatic heterocycles. The van der Waals surface area contributed by atoms with Crippen LogP contribution < -0.4 is 0 Å². The molecule has 0 aromatic rings. The number of nitrogens with zero attached hydrogens (tertiary/aromatic N) is 1. The molecule has 0 aromatic carbocycles. The van der Waals surface area contributed by atoms with E-state index < -0.39 is 11.9 Å². The zero-order valence-electron chi connectivity index (χ0n) is 5.96. The molecule has 1 heterocycles. The van der Waals surface area contributed by atoms with E-state index in [0.29, 0.717) is 6.54 Å². The van der Waals surface area contributed by atoms with E-state index in [9.17, 15) is 9.59 Å². The number of morpholine rings is 1. The van der Waals surface area contributed by atoms with Crippen molar-refractivity contribution >= 4 is 11.9 Å². The predicted molar refractivity (Wildman–Crippen MR) is 33.2 cm³/mol. The lowest BCUT2D eigenvalue weighted by atomic mass is 10.3. The van der Waals surface area contributed by atoms with Crippen LogP contribution in [0.25, 0.3) is 0 Å². The summed E-state index contributed by atoms with van der Waals surface area (Å²) in [5, 5.41) is 0. The van der Waals surface area contributed by atoms with Gasteiger partial charge in [-0.15, -0.1) is 0 Å². The van der Waals surface area contributed by atoms with E-state index in [4.69, 9.17) is 0 Å². The highest BCUT2D eigenvalue weighted by Crippen LogP contribution is 2.03. The summed E-state index contributed by atoms with van der Waals surface area (Å²) in [6, 6.07) is 0. The van der Waals surface area contributed by atoms with E-state index in [1.165, 1.54) is 4.90 Å². The molecule has 0 bridgehead atoms. The molecule has 0 N–H and O–H groups in total. The third-order valence-electron chi connectivity index (χ3n) is 1.36. The lowest BCUT2D eigenvalue weighted by molar-refractivity contribution is -0.170. The first-order valence-electron chi connectivity index (χ1n) is 3.07. The Morgan fingerprint density at radius 1 is 1.60 bits per heavy atom. The topological polar surface area (TPSA) is 46.6 Å². The van der Waals surface area contributed by atoms with E-state index in [1.807, 2.05) is 0 Å². The van der Waals surface area contributed by atoms with E-state index in [1.54, 1.807) is 14.0 Å². The van der Waals surface area contributed by atoms with Crippen molar-refractivity contribution in [2.24, 2.45) is 0 Å². The maximum absolute atomic E-state index is 10.7. The summed E-state index contributed by atoms with van der Waals surface area (Å²) in [6.45, 7) is 2.24. The summed E-state index contributed by atoms with van der Waals surface area (Å²) in [5.41, 5.74) is 0. The lowest BCUT2D eigenvalue weighted by Gasteiger charge is -2.26. The van der Waals surface area contributed by atoms with Crippen LogP contribution in [-0.2, 0) is 14.3 Å². The van der Waals surface area contributed by atoms with E-state index in [2.05, 4.69) is 4.74 Å². The van der Waals surface area contributed by atoms with Gasteiger partial charge in [0, 0.05) is 7.05 Å². The fraction of sp³-hybridized carbons (Fsp3) is 0.667. The van der Waals surface area contributed by atoms with Crippen LogP contribution in [0.2, 0.25) is 0 Å². The van der Waals surface area contributed by atoms with Crippen LogP contribution in [0.3, 0.4) is 0 Å². The van der Waals surface area contributed by atoms with Crippen molar-refractivity contribution in [3.63, 3.8) is 0 Å². The summed E-state index contributed by atoms with van der Waals surface area (Å²) in [7, 11) is 1.58. The first-order valence-corrected chi connectivity index (χ1v) is 3.07. The van der Waals surface area contributed by atoms with Gasteiger partial charge in [-0.25, -0.2) is 4.79 Å². The molecule has 4 nitrogen and oxygen atoms in total. The number of carbonyl (C=O) groups excluding carboxylic acids is 2. The average molecular weight is 143 g/mol. The minimum Gasteiger partial charge on any atom is -0.454 e. The molecule has 1 fully saturated rings. The third-order valence-corrected chi connectivity index (χ3v) is 1.36. The fourth-order valence-corrected chi connectivity index (χ4v) is 0.895. The van der Waals surface area contributed by atoms with E-state index in [-0.39, 0.29) is 6.10 Å². The van der Waals surface area contributed by atoms with Crippen LogP contribution in [0.15, 0.2) is 0 Å². The van der Waals surface area contributed by atoms with Crippen molar-refractivity contribution < 1.29 is 14.3 Å². The van der Waals surface area contributed by atoms with Crippen LogP contribution >= 0.6 is 0 Å². The Morgan fingerprint density at radius 2 is 2.20 bits per heavy atom. The Balaban J connectivity index is 2.66. The van der Waals surface area contributed by atoms with Crippen LogP contribution in [0.1, 0.15) is 6.92 Å². The van der Waals surface area contributed by atoms with Gasteiger partial charge in [-0.3, -0.25) is 4.79 Å². The van der Waals surface area contributed by atoms with Crippen molar-refractivity contribution in [1.29, 1.82) is 0 Å². The molecule has 0 radical (unpaired) electrons. The molecule has 10 heavy (non-hydrogen) atoms. The summed E-state index contributed by atoms with van der Waals surface area (Å²) in [6.07, 6.45) is -0.171. The smallest absolute Gasteiger partial charge is 0.397 e. The van der Waals surface area contributed by atoms with Crippen LogP contribution in [0.4, 0.5) is 0 Å². The van der Waals surface area contributed by atoms with Gasteiger partial charge in [0.1, 0.15) is 6.10 Å². The molecular weight excluding hydrogens is 134 g/mol. The number of amides is 1. The number of esters is 1. The number of hydrogen-bond donors (Lipinski definition) is 0. The van der Waals surface area contributed by atoms with Crippen molar-refractivity contribution in [3.8, 4) is 0 Å². The second-order valence-electron chi connectivity index (χ2n) is 2.40. The second kappa shape index (κ2) is 2.28. The van der Waals surface area contributed by atoms with Crippen molar-refractivity contribution in [1.82, 2.24) is 4.90 Å². The van der Waals surface area contributed by atoms with Crippen molar-refractivity contribution in [2.45, 2.75) is 13.0 Å². The molecule has 56 valence electrons. The summed E-state index contributed by atoms with van der Waals surface area (Å²) < 4.78 is 4.64. The average Bonchev–Trinajstić information content (AvgIpc) is 1.82. The van der Waals surface area contributed by atoms with Gasteiger partial charge >= 0.3 is 11.9 Å². The van der Waals surface area contributed by atoms with E-state index >= 15 is 0 Å². The maximum Gasteiger partial charge on any atom is 0.397 e. The van der Waals surface area contributed by atoms with Gasteiger partial charge in [-0.2, -0.15) is 0 Å². The molecule has 1 rings (SSSR count). The van der Waals surface area contributed by atoms with Crippen LogP contribution in [0.5, 0.6) is 0 Å². The van der Waals surface area contributed by atoms with Gasteiger partial charge in [0.15, 0.2) is 0 Å². The highest BCUT2D eigenvalue weighted by Gasteiger charge is 2.29. The molecule has 4 heteroatoms. The van der Waals surface area contributed by atoms with Gasteiger partial charge in [-0.1, -0.05) is 0 Å². The molecular formula is C6H9NO3. The molecule has 0 spiro atoms. The Hall–Kier alpha value is -1.06. The number of carbonyl (C=O) groups is 2. The van der Waals surface area contributed by atoms with Gasteiger partial charge < -0.3 is 9.64 Å². The molecule has 0 aromatic heterocycles. The Bertz CT molecular complexity index is 178. The minimum absolute atomic E-state index is 0.171. The zero-order chi connectivity index (χ0) is 7.72. The summed E-state index contributed by atoms with van der Waals surface area (Å²) >= 11 is 0. The summed E-state index contributed by atoms with van der Waals surface area (Å²) in [4.78, 5) is 22.7. The second-order valence-corrected chi connectivity index (χ2v) is 2.40. The highest BCUT2D eigenvalue weighted by molar-refractivity contribution is 6.32. The van der Waals surface area contributed by atoms with Gasteiger partial charge in [0.25, 0.3) is 0 Å². The van der Waals surface area contributed by atoms with Crippen molar-refractivity contribution in [3.05, 3.63) is 0 Å². The summed E-state index contributed by atoms with van der Waals surface area (Å²) in [5.74, 6) is -1.31. The first-order chi connectivity index (χ1) is 4.61. The van der Waals surface area contributed by atoms with Gasteiger partial charge in [-0.05, 0) is 6.92 Å². The zero-order valence-corrected chi connectivity index (χ0v) is 5.96. The maximum atomic E-state index is 10.7. The number of likely N-dealkylation sites (N-methyl/N-ethyl adjacent to an activating group) is 1. The fourth-order valence-electron chi connectivity index (χ4n) is 0.895. The van der Waals surface area contributed by atoms with Crippen molar-refractivity contribution in [2.75, 3.05) is 13.6 Å². The number of hydrogen-bond acceptors (Lipinski definition) is 3. The molecule has 1 saturated heterocycles.